The number of esters is 1. The van der Waals surface area contributed by atoms with Crippen LogP contribution in [0.5, 0.6) is 0 Å². The predicted octanol–water partition coefficient (Wildman–Crippen LogP) is 5.15. The number of benzene rings is 1. The van der Waals surface area contributed by atoms with Crippen molar-refractivity contribution in [3.8, 4) is 11.1 Å². The number of carbonyl (C=O) groups excluding carboxylic acids is 1. The average Bonchev–Trinajstić information content (AvgIpc) is 2.67. The van der Waals surface area contributed by atoms with Crippen LogP contribution in [0.3, 0.4) is 0 Å². The van der Waals surface area contributed by atoms with Gasteiger partial charge >= 0.3 is 5.97 Å². The summed E-state index contributed by atoms with van der Waals surface area (Å²) in [6.07, 6.45) is 0. The topological polar surface area (TPSA) is 42.1 Å². The summed E-state index contributed by atoms with van der Waals surface area (Å²) in [5.41, 5.74) is 2.30. The van der Waals surface area contributed by atoms with Crippen LogP contribution in [0.2, 0.25) is 0 Å². The van der Waals surface area contributed by atoms with Crippen molar-refractivity contribution in [2.45, 2.75) is 6.92 Å². The molecule has 0 aliphatic carbocycles. The van der Waals surface area contributed by atoms with Crippen molar-refractivity contribution in [2.75, 3.05) is 6.61 Å². The Hall–Kier alpha value is -0.590. The molecule has 0 aliphatic rings. The maximum atomic E-state index is 11.8. The molecule has 1 heterocycles. The molecule has 0 unspecified atom stereocenters. The molecule has 19 heavy (non-hydrogen) atoms. The fraction of sp³-hybridized carbons (Fsp3) is 0.154. The number of hydrogen-bond donors (Lipinski definition) is 1. The molecule has 3 nitrogen and oxygen atoms in total. The van der Waals surface area contributed by atoms with Gasteiger partial charge in [0.15, 0.2) is 0 Å². The minimum Gasteiger partial charge on any atom is -0.461 e. The number of rotatable bonds is 3. The highest BCUT2D eigenvalue weighted by Crippen LogP contribution is 2.38. The minimum absolute atomic E-state index is 0.343. The van der Waals surface area contributed by atoms with Gasteiger partial charge in [0.05, 0.1) is 15.7 Å². The molecular weight excluding hydrogens is 442 g/mol. The Bertz CT molecular complexity index is 605. The van der Waals surface area contributed by atoms with Crippen molar-refractivity contribution < 1.29 is 9.53 Å². The van der Waals surface area contributed by atoms with Gasteiger partial charge in [-0.3, -0.25) is 0 Å². The van der Waals surface area contributed by atoms with E-state index in [0.29, 0.717) is 16.8 Å². The highest BCUT2D eigenvalue weighted by Gasteiger charge is 2.21. The van der Waals surface area contributed by atoms with Crippen LogP contribution in [-0.4, -0.2) is 17.6 Å². The number of nitrogens with one attached hydrogen (secondary N) is 1. The maximum absolute atomic E-state index is 11.8. The average molecular weight is 452 g/mol. The zero-order chi connectivity index (χ0) is 14.0. The smallest absolute Gasteiger partial charge is 0.355 e. The Morgan fingerprint density at radius 2 is 1.84 bits per heavy atom. The van der Waals surface area contributed by atoms with Crippen molar-refractivity contribution in [1.82, 2.24) is 4.98 Å². The molecule has 6 heteroatoms. The molecule has 2 aromatic rings. The van der Waals surface area contributed by atoms with E-state index < -0.39 is 0 Å². The second kappa shape index (κ2) is 6.24. The summed E-state index contributed by atoms with van der Waals surface area (Å²) in [4.78, 5) is 14.8. The number of carbonyl (C=O) groups is 1. The number of aromatic nitrogens is 1. The predicted molar refractivity (Wildman–Crippen MR) is 85.3 cm³/mol. The monoisotopic (exact) mass is 449 g/mol. The van der Waals surface area contributed by atoms with Crippen LogP contribution >= 0.6 is 47.8 Å². The summed E-state index contributed by atoms with van der Waals surface area (Å²) in [5.74, 6) is -0.376. The maximum Gasteiger partial charge on any atom is 0.355 e. The normalized spacial score (nSPS) is 10.5. The molecule has 0 spiro atoms. The van der Waals surface area contributed by atoms with Gasteiger partial charge in [-0.1, -0.05) is 28.1 Å². The first kappa shape index (κ1) is 14.8. The first-order valence-electron chi connectivity index (χ1n) is 5.54. The minimum atomic E-state index is -0.376. The second-order valence-corrected chi connectivity index (χ2v) is 6.23. The summed E-state index contributed by atoms with van der Waals surface area (Å²) in [6, 6.07) is 7.84. The van der Waals surface area contributed by atoms with Crippen molar-refractivity contribution in [3.63, 3.8) is 0 Å². The molecule has 0 saturated carbocycles. The summed E-state index contributed by atoms with van der Waals surface area (Å²) < 4.78 is 7.44. The van der Waals surface area contributed by atoms with Crippen LogP contribution in [0.1, 0.15) is 17.4 Å². The third kappa shape index (κ3) is 3.12. The number of H-pyrrole nitrogens is 1. The second-order valence-electron chi connectivity index (χ2n) is 3.73. The van der Waals surface area contributed by atoms with Gasteiger partial charge in [-0.15, -0.1) is 0 Å². The third-order valence-corrected chi connectivity index (χ3v) is 4.42. The first-order valence-corrected chi connectivity index (χ1v) is 7.92. The van der Waals surface area contributed by atoms with E-state index in [1.54, 1.807) is 6.92 Å². The quantitative estimate of drug-likeness (QED) is 0.656. The van der Waals surface area contributed by atoms with E-state index in [2.05, 4.69) is 52.8 Å². The van der Waals surface area contributed by atoms with Crippen LogP contribution in [0.4, 0.5) is 0 Å². The zero-order valence-corrected chi connectivity index (χ0v) is 14.7. The highest BCUT2D eigenvalue weighted by atomic mass is 79.9. The molecule has 0 radical (unpaired) electrons. The van der Waals surface area contributed by atoms with E-state index in [0.717, 1.165) is 20.2 Å². The molecule has 1 aromatic carbocycles. The number of hydrogen-bond acceptors (Lipinski definition) is 2. The molecular formula is C13H10Br3NO2. The molecule has 0 saturated heterocycles. The van der Waals surface area contributed by atoms with E-state index in [-0.39, 0.29) is 5.97 Å². The summed E-state index contributed by atoms with van der Waals surface area (Å²) in [5, 5.41) is 0. The van der Waals surface area contributed by atoms with E-state index >= 15 is 0 Å². The number of ether oxygens (including phenoxy) is 1. The Morgan fingerprint density at radius 3 is 2.42 bits per heavy atom. The van der Waals surface area contributed by atoms with Crippen molar-refractivity contribution in [3.05, 3.63) is 43.5 Å². The molecule has 0 fully saturated rings. The fourth-order valence-electron chi connectivity index (χ4n) is 1.66. The van der Waals surface area contributed by atoms with Gasteiger partial charge in [0.1, 0.15) is 5.69 Å². The summed E-state index contributed by atoms with van der Waals surface area (Å²) >= 11 is 10.3. The summed E-state index contributed by atoms with van der Waals surface area (Å²) in [7, 11) is 0. The van der Waals surface area contributed by atoms with E-state index in [9.17, 15) is 4.79 Å². The van der Waals surface area contributed by atoms with E-state index in [4.69, 9.17) is 4.74 Å². The van der Waals surface area contributed by atoms with Crippen LogP contribution in [0.25, 0.3) is 11.1 Å². The fourth-order valence-corrected chi connectivity index (χ4v) is 3.51. The van der Waals surface area contributed by atoms with Crippen molar-refractivity contribution in [2.24, 2.45) is 0 Å². The Labute approximate surface area is 136 Å². The van der Waals surface area contributed by atoms with Gasteiger partial charge in [0.2, 0.25) is 0 Å². The Balaban J connectivity index is 2.47. The lowest BCUT2D eigenvalue weighted by Crippen LogP contribution is -2.05. The molecule has 0 bridgehead atoms. The van der Waals surface area contributed by atoms with Gasteiger partial charge in [0.25, 0.3) is 0 Å². The first-order chi connectivity index (χ1) is 9.04. The molecule has 1 N–H and O–H groups in total. The van der Waals surface area contributed by atoms with Gasteiger partial charge in [-0.2, -0.15) is 0 Å². The molecule has 100 valence electrons. The molecule has 2 rings (SSSR count). The van der Waals surface area contributed by atoms with Crippen LogP contribution in [0, 0.1) is 0 Å². The van der Waals surface area contributed by atoms with Crippen LogP contribution in [-0.2, 0) is 4.74 Å². The third-order valence-electron chi connectivity index (χ3n) is 2.51. The Kier molecular flexibility index (Phi) is 4.86. The lowest BCUT2D eigenvalue weighted by atomic mass is 10.1. The van der Waals surface area contributed by atoms with Gasteiger partial charge < -0.3 is 9.72 Å². The largest absolute Gasteiger partial charge is 0.461 e. The molecule has 0 aliphatic heterocycles. The number of halogens is 3. The molecule has 0 amide bonds. The van der Waals surface area contributed by atoms with Crippen LogP contribution in [0.15, 0.2) is 37.8 Å². The number of aromatic amines is 1. The van der Waals surface area contributed by atoms with Crippen molar-refractivity contribution in [1.29, 1.82) is 0 Å². The zero-order valence-electron chi connectivity index (χ0n) is 9.97. The lowest BCUT2D eigenvalue weighted by Gasteiger charge is -2.02. The Morgan fingerprint density at radius 1 is 1.21 bits per heavy atom. The molecule has 1 aromatic heterocycles. The van der Waals surface area contributed by atoms with Gasteiger partial charge in [-0.05, 0) is 56.5 Å². The van der Waals surface area contributed by atoms with Gasteiger partial charge in [-0.25, -0.2) is 4.79 Å². The molecule has 0 atom stereocenters. The summed E-state index contributed by atoms with van der Waals surface area (Å²) in [6.45, 7) is 2.12. The van der Waals surface area contributed by atoms with E-state index in [1.165, 1.54) is 0 Å². The van der Waals surface area contributed by atoms with E-state index in [1.807, 2.05) is 24.3 Å². The van der Waals surface area contributed by atoms with Gasteiger partial charge in [0, 0.05) is 10.0 Å². The highest BCUT2D eigenvalue weighted by molar-refractivity contribution is 9.11. The SMILES string of the molecule is CCOC(=O)c1[nH]c(Br)c(-c2ccc(Br)cc2)c1Br. The van der Waals surface area contributed by atoms with Crippen LogP contribution < -0.4 is 0 Å². The lowest BCUT2D eigenvalue weighted by molar-refractivity contribution is 0.0519. The standard InChI is InChI=1S/C13H10Br3NO2/c1-2-19-13(18)11-10(15)9(12(16)17-11)7-3-5-8(14)6-4-7/h3-6,17H,2H2,1H3. The van der Waals surface area contributed by atoms with Crippen molar-refractivity contribution >= 4 is 53.8 Å².